The maximum atomic E-state index is 6.34. The first-order valence-electron chi connectivity index (χ1n) is 7.58. The molecule has 0 bridgehead atoms. The lowest BCUT2D eigenvalue weighted by Gasteiger charge is -2.17. The third-order valence-corrected chi connectivity index (χ3v) is 4.15. The van der Waals surface area contributed by atoms with Crippen LogP contribution in [0.1, 0.15) is 38.3 Å². The van der Waals surface area contributed by atoms with Crippen LogP contribution in [-0.4, -0.2) is 37.7 Å². The van der Waals surface area contributed by atoms with Crippen molar-refractivity contribution in [3.05, 3.63) is 28.8 Å². The molecule has 0 radical (unpaired) electrons. The summed E-state index contributed by atoms with van der Waals surface area (Å²) in [7, 11) is 0. The fourth-order valence-corrected chi connectivity index (χ4v) is 3.00. The maximum Gasteiger partial charge on any atom is 0.120 e. The molecule has 112 valence electrons. The molecule has 0 saturated carbocycles. The summed E-state index contributed by atoms with van der Waals surface area (Å²) >= 11 is 6.34. The first kappa shape index (κ1) is 15.6. The van der Waals surface area contributed by atoms with Gasteiger partial charge in [-0.05, 0) is 57.1 Å². The average Bonchev–Trinajstić information content (AvgIpc) is 2.92. The molecule has 20 heavy (non-hydrogen) atoms. The second kappa shape index (κ2) is 7.87. The summed E-state index contributed by atoms with van der Waals surface area (Å²) in [5.41, 5.74) is 1.13. The predicted octanol–water partition coefficient (Wildman–Crippen LogP) is 3.49. The minimum Gasteiger partial charge on any atom is -0.492 e. The summed E-state index contributed by atoms with van der Waals surface area (Å²) in [5.74, 6) is 0.863. The van der Waals surface area contributed by atoms with E-state index in [1.54, 1.807) is 0 Å². The topological polar surface area (TPSA) is 24.5 Å². The molecule has 1 unspecified atom stereocenters. The highest BCUT2D eigenvalue weighted by molar-refractivity contribution is 6.31. The first-order valence-corrected chi connectivity index (χ1v) is 7.96. The van der Waals surface area contributed by atoms with Gasteiger partial charge in [0.2, 0.25) is 0 Å². The molecule has 1 N–H and O–H groups in total. The normalized spacial score (nSPS) is 17.4. The highest BCUT2D eigenvalue weighted by Crippen LogP contribution is 2.27. The molecule has 1 heterocycles. The van der Waals surface area contributed by atoms with Crippen LogP contribution in [0.4, 0.5) is 0 Å². The zero-order chi connectivity index (χ0) is 14.4. The minimum absolute atomic E-state index is 0.270. The molecule has 1 aromatic carbocycles. The molecule has 0 aromatic heterocycles. The molecule has 1 saturated heterocycles. The summed E-state index contributed by atoms with van der Waals surface area (Å²) in [6, 6.07) is 6.26. The Hall–Kier alpha value is -0.770. The molecule has 1 aliphatic heterocycles. The highest BCUT2D eigenvalue weighted by Gasteiger charge is 2.12. The number of nitrogens with zero attached hydrogens (tertiary/aromatic N) is 1. The second-order valence-corrected chi connectivity index (χ2v) is 5.77. The molecule has 0 amide bonds. The van der Waals surface area contributed by atoms with E-state index in [4.69, 9.17) is 16.3 Å². The lowest BCUT2D eigenvalue weighted by Crippen LogP contribution is -2.25. The van der Waals surface area contributed by atoms with E-state index in [-0.39, 0.29) is 6.04 Å². The van der Waals surface area contributed by atoms with E-state index in [1.807, 2.05) is 12.1 Å². The Labute approximate surface area is 127 Å². The van der Waals surface area contributed by atoms with Gasteiger partial charge in [0.15, 0.2) is 0 Å². The van der Waals surface area contributed by atoms with Gasteiger partial charge >= 0.3 is 0 Å². The van der Waals surface area contributed by atoms with Gasteiger partial charge < -0.3 is 10.1 Å². The number of halogens is 1. The summed E-state index contributed by atoms with van der Waals surface area (Å²) in [4.78, 5) is 2.45. The summed E-state index contributed by atoms with van der Waals surface area (Å²) in [5, 5.41) is 4.15. The van der Waals surface area contributed by atoms with Crippen LogP contribution in [0.25, 0.3) is 0 Å². The Balaban J connectivity index is 1.84. The van der Waals surface area contributed by atoms with Crippen LogP contribution in [0, 0.1) is 0 Å². The van der Waals surface area contributed by atoms with Crippen molar-refractivity contribution in [3.8, 4) is 5.75 Å². The molecule has 1 aliphatic rings. The van der Waals surface area contributed by atoms with Crippen LogP contribution in [0.2, 0.25) is 5.02 Å². The number of likely N-dealkylation sites (tertiary alicyclic amines) is 1. The van der Waals surface area contributed by atoms with Crippen molar-refractivity contribution in [2.24, 2.45) is 0 Å². The quantitative estimate of drug-likeness (QED) is 0.833. The number of hydrogen-bond donors (Lipinski definition) is 1. The number of hydrogen-bond acceptors (Lipinski definition) is 3. The molecule has 1 aromatic rings. The van der Waals surface area contributed by atoms with Crippen molar-refractivity contribution in [3.63, 3.8) is 0 Å². The van der Waals surface area contributed by atoms with Gasteiger partial charge in [-0.3, -0.25) is 4.90 Å². The lowest BCUT2D eigenvalue weighted by molar-refractivity contribution is 0.237. The fraction of sp³-hybridized carbons (Fsp3) is 0.625. The van der Waals surface area contributed by atoms with E-state index in [1.165, 1.54) is 25.9 Å². The van der Waals surface area contributed by atoms with Crippen LogP contribution in [0.3, 0.4) is 0 Å². The number of rotatable bonds is 7. The number of nitrogens with one attached hydrogen (secondary N) is 1. The van der Waals surface area contributed by atoms with Crippen LogP contribution >= 0.6 is 11.6 Å². The molecule has 0 spiro atoms. The van der Waals surface area contributed by atoms with Gasteiger partial charge in [-0.25, -0.2) is 0 Å². The molecule has 0 aliphatic carbocycles. The summed E-state index contributed by atoms with van der Waals surface area (Å²) < 4.78 is 5.80. The van der Waals surface area contributed by atoms with Crippen molar-refractivity contribution in [1.29, 1.82) is 0 Å². The summed E-state index contributed by atoms with van der Waals surface area (Å²) in [6.07, 6.45) is 2.64. The Kier molecular flexibility index (Phi) is 6.14. The van der Waals surface area contributed by atoms with Crippen molar-refractivity contribution < 1.29 is 4.74 Å². The van der Waals surface area contributed by atoms with Gasteiger partial charge in [0.25, 0.3) is 0 Å². The van der Waals surface area contributed by atoms with Gasteiger partial charge in [-0.1, -0.05) is 24.6 Å². The maximum absolute atomic E-state index is 6.34. The monoisotopic (exact) mass is 296 g/mol. The third kappa shape index (κ3) is 4.37. The van der Waals surface area contributed by atoms with Crippen molar-refractivity contribution in [2.45, 2.75) is 32.7 Å². The molecule has 1 fully saturated rings. The van der Waals surface area contributed by atoms with Crippen molar-refractivity contribution >= 4 is 11.6 Å². The zero-order valence-electron chi connectivity index (χ0n) is 12.5. The van der Waals surface area contributed by atoms with E-state index >= 15 is 0 Å². The zero-order valence-corrected chi connectivity index (χ0v) is 13.2. The summed E-state index contributed by atoms with van der Waals surface area (Å²) in [6.45, 7) is 9.32. The smallest absolute Gasteiger partial charge is 0.120 e. The predicted molar refractivity (Wildman–Crippen MR) is 84.7 cm³/mol. The highest BCUT2D eigenvalue weighted by atomic mass is 35.5. The van der Waals surface area contributed by atoms with Crippen LogP contribution < -0.4 is 10.1 Å². The molecule has 3 nitrogen and oxygen atoms in total. The SMILES string of the molecule is CCNC(C)c1ccc(OCCN2CCCC2)cc1Cl. The van der Waals surface area contributed by atoms with E-state index in [0.29, 0.717) is 0 Å². The van der Waals surface area contributed by atoms with Crippen molar-refractivity contribution in [2.75, 3.05) is 32.8 Å². The van der Waals surface area contributed by atoms with E-state index in [2.05, 4.69) is 30.1 Å². The molecular weight excluding hydrogens is 272 g/mol. The number of benzene rings is 1. The van der Waals surface area contributed by atoms with Crippen LogP contribution in [0.5, 0.6) is 5.75 Å². The second-order valence-electron chi connectivity index (χ2n) is 5.36. The standard InChI is InChI=1S/C16H25ClN2O/c1-3-18-13(2)15-7-6-14(12-16(15)17)20-11-10-19-8-4-5-9-19/h6-7,12-13,18H,3-5,8-11H2,1-2H3. The number of ether oxygens (including phenoxy) is 1. The minimum atomic E-state index is 0.270. The molecule has 4 heteroatoms. The van der Waals surface area contributed by atoms with E-state index in [9.17, 15) is 0 Å². The van der Waals surface area contributed by atoms with Gasteiger partial charge in [-0.15, -0.1) is 0 Å². The van der Waals surface area contributed by atoms with Gasteiger partial charge in [0.05, 0.1) is 0 Å². The van der Waals surface area contributed by atoms with E-state index in [0.717, 1.165) is 36.0 Å². The van der Waals surface area contributed by atoms with Gasteiger partial charge in [-0.2, -0.15) is 0 Å². The molecular formula is C16H25ClN2O. The van der Waals surface area contributed by atoms with Crippen LogP contribution in [0.15, 0.2) is 18.2 Å². The van der Waals surface area contributed by atoms with Gasteiger partial charge in [0, 0.05) is 17.6 Å². The van der Waals surface area contributed by atoms with E-state index < -0.39 is 0 Å². The van der Waals surface area contributed by atoms with Crippen molar-refractivity contribution in [1.82, 2.24) is 10.2 Å². The molecule has 2 rings (SSSR count). The third-order valence-electron chi connectivity index (χ3n) is 3.82. The largest absolute Gasteiger partial charge is 0.492 e. The Morgan fingerprint density at radius 3 is 2.75 bits per heavy atom. The first-order chi connectivity index (χ1) is 9.70. The van der Waals surface area contributed by atoms with Gasteiger partial charge in [0.1, 0.15) is 12.4 Å². The lowest BCUT2D eigenvalue weighted by atomic mass is 10.1. The molecule has 1 atom stereocenters. The van der Waals surface area contributed by atoms with Crippen LogP contribution in [-0.2, 0) is 0 Å². The Bertz CT molecular complexity index is 419. The fourth-order valence-electron chi connectivity index (χ4n) is 2.66. The average molecular weight is 297 g/mol. The Morgan fingerprint density at radius 1 is 1.35 bits per heavy atom. The Morgan fingerprint density at radius 2 is 2.10 bits per heavy atom.